The monoisotopic (exact) mass is 423 g/mol. The van der Waals surface area contributed by atoms with Gasteiger partial charge in [-0.3, -0.25) is 4.79 Å². The van der Waals surface area contributed by atoms with E-state index in [-0.39, 0.29) is 23.1 Å². The van der Waals surface area contributed by atoms with Crippen LogP contribution in [-0.4, -0.2) is 36.9 Å². The first-order chi connectivity index (χ1) is 15.0. The number of hydrogen-bond donors (Lipinski definition) is 0. The Morgan fingerprint density at radius 3 is 2.61 bits per heavy atom. The Labute approximate surface area is 180 Å². The summed E-state index contributed by atoms with van der Waals surface area (Å²) in [6.07, 6.45) is 2.51. The Morgan fingerprint density at radius 2 is 1.87 bits per heavy atom. The van der Waals surface area contributed by atoms with Gasteiger partial charge in [-0.1, -0.05) is 0 Å². The van der Waals surface area contributed by atoms with Crippen molar-refractivity contribution >= 4 is 16.8 Å². The Balaban J connectivity index is 1.22. The van der Waals surface area contributed by atoms with Crippen LogP contribution in [0.5, 0.6) is 5.75 Å². The second-order valence-corrected chi connectivity index (χ2v) is 8.10. The number of hydrogen-bond acceptors (Lipinski definition) is 5. The maximum absolute atomic E-state index is 13.1. The molecule has 0 atom stereocenters. The number of ketones is 1. The molecule has 1 aliphatic heterocycles. The van der Waals surface area contributed by atoms with E-state index < -0.39 is 0 Å². The molecule has 3 aromatic rings. The van der Waals surface area contributed by atoms with Crippen LogP contribution in [-0.2, 0) is 0 Å². The van der Waals surface area contributed by atoms with Gasteiger partial charge < -0.3 is 14.1 Å². The number of fused-ring (bicyclic) bond motifs is 1. The normalized spacial score (nSPS) is 15.3. The second kappa shape index (κ2) is 9.43. The minimum atomic E-state index is -0.358. The molecule has 0 saturated carbocycles. The molecule has 2 aromatic carbocycles. The lowest BCUT2D eigenvalue weighted by Gasteiger charge is -2.31. The smallest absolute Gasteiger partial charge is 0.336 e. The molecule has 0 radical (unpaired) electrons. The highest BCUT2D eigenvalue weighted by Gasteiger charge is 2.25. The lowest BCUT2D eigenvalue weighted by molar-refractivity contribution is 0.0835. The van der Waals surface area contributed by atoms with Gasteiger partial charge in [-0.2, -0.15) is 0 Å². The van der Waals surface area contributed by atoms with Gasteiger partial charge >= 0.3 is 5.63 Å². The number of rotatable bonds is 7. The quantitative estimate of drug-likeness (QED) is 0.316. The highest BCUT2D eigenvalue weighted by atomic mass is 19.1. The van der Waals surface area contributed by atoms with Crippen LogP contribution in [0.2, 0.25) is 0 Å². The van der Waals surface area contributed by atoms with E-state index in [4.69, 9.17) is 9.15 Å². The minimum Gasteiger partial charge on any atom is -0.493 e. The zero-order valence-corrected chi connectivity index (χ0v) is 17.6. The molecule has 0 amide bonds. The summed E-state index contributed by atoms with van der Waals surface area (Å²) in [5.41, 5.74) is 1.66. The van der Waals surface area contributed by atoms with Crippen molar-refractivity contribution < 1.29 is 18.3 Å². The summed E-state index contributed by atoms with van der Waals surface area (Å²) in [5, 5.41) is 0.907. The predicted octanol–water partition coefficient (Wildman–Crippen LogP) is 4.60. The standard InChI is InChI=1S/C25H26FNO4/c1-17-15-24(28)31-23-16-21(7-8-22(17)23)30-14-2-11-27-12-9-19(10-13-27)25(29)18-3-5-20(26)6-4-18/h3-8,15-16,19H,2,9-14H2,1H3. The number of benzene rings is 2. The van der Waals surface area contributed by atoms with E-state index in [0.29, 0.717) is 23.5 Å². The van der Waals surface area contributed by atoms with E-state index in [1.165, 1.54) is 18.2 Å². The lowest BCUT2D eigenvalue weighted by atomic mass is 9.89. The molecule has 0 bridgehead atoms. The molecule has 4 rings (SSSR count). The van der Waals surface area contributed by atoms with Crippen molar-refractivity contribution in [3.63, 3.8) is 0 Å². The van der Waals surface area contributed by atoms with Crippen LogP contribution in [0.25, 0.3) is 11.0 Å². The number of halogens is 1. The third-order valence-electron chi connectivity index (χ3n) is 5.90. The molecule has 6 heteroatoms. The van der Waals surface area contributed by atoms with Crippen molar-refractivity contribution in [3.05, 3.63) is 75.9 Å². The van der Waals surface area contributed by atoms with Crippen LogP contribution in [0, 0.1) is 18.7 Å². The summed E-state index contributed by atoms with van der Waals surface area (Å²) in [6.45, 7) is 5.10. The summed E-state index contributed by atoms with van der Waals surface area (Å²) >= 11 is 0. The number of ether oxygens (including phenoxy) is 1. The number of likely N-dealkylation sites (tertiary alicyclic amines) is 1. The fourth-order valence-electron chi connectivity index (χ4n) is 4.14. The number of carbonyl (C=O) groups excluding carboxylic acids is 1. The van der Waals surface area contributed by atoms with Gasteiger partial charge in [0.25, 0.3) is 0 Å². The van der Waals surface area contributed by atoms with Gasteiger partial charge in [0.15, 0.2) is 5.78 Å². The van der Waals surface area contributed by atoms with Crippen molar-refractivity contribution in [1.29, 1.82) is 0 Å². The highest BCUT2D eigenvalue weighted by molar-refractivity contribution is 5.97. The van der Waals surface area contributed by atoms with E-state index in [0.717, 1.165) is 49.8 Å². The van der Waals surface area contributed by atoms with Crippen molar-refractivity contribution in [2.24, 2.45) is 5.92 Å². The zero-order chi connectivity index (χ0) is 21.8. The molecule has 1 saturated heterocycles. The van der Waals surface area contributed by atoms with E-state index in [1.54, 1.807) is 18.2 Å². The van der Waals surface area contributed by atoms with Crippen molar-refractivity contribution in [1.82, 2.24) is 4.90 Å². The van der Waals surface area contributed by atoms with Crippen LogP contribution in [0.3, 0.4) is 0 Å². The molecule has 2 heterocycles. The number of piperidine rings is 1. The minimum absolute atomic E-state index is 0.00803. The van der Waals surface area contributed by atoms with Gasteiger partial charge in [-0.15, -0.1) is 0 Å². The van der Waals surface area contributed by atoms with Gasteiger partial charge in [0.05, 0.1) is 6.61 Å². The third kappa shape index (κ3) is 5.20. The van der Waals surface area contributed by atoms with E-state index in [9.17, 15) is 14.0 Å². The van der Waals surface area contributed by atoms with E-state index in [2.05, 4.69) is 4.90 Å². The van der Waals surface area contributed by atoms with Crippen LogP contribution < -0.4 is 10.4 Å². The molecule has 5 nitrogen and oxygen atoms in total. The van der Waals surface area contributed by atoms with Crippen molar-refractivity contribution in [2.45, 2.75) is 26.2 Å². The summed E-state index contributed by atoms with van der Waals surface area (Å²) in [7, 11) is 0. The molecule has 0 unspecified atom stereocenters. The maximum atomic E-state index is 13.1. The van der Waals surface area contributed by atoms with Gasteiger partial charge in [0.2, 0.25) is 0 Å². The molecule has 1 fully saturated rings. The first-order valence-electron chi connectivity index (χ1n) is 10.7. The van der Waals surface area contributed by atoms with Gasteiger partial charge in [-0.25, -0.2) is 9.18 Å². The fourth-order valence-corrected chi connectivity index (χ4v) is 4.14. The van der Waals surface area contributed by atoms with Gasteiger partial charge in [0.1, 0.15) is 17.1 Å². The Hall–Kier alpha value is -2.99. The molecule has 0 aliphatic carbocycles. The molecular weight excluding hydrogens is 397 g/mol. The van der Waals surface area contributed by atoms with Crippen LogP contribution >= 0.6 is 0 Å². The Kier molecular flexibility index (Phi) is 6.47. The summed E-state index contributed by atoms with van der Waals surface area (Å²) in [6, 6.07) is 12.9. The summed E-state index contributed by atoms with van der Waals surface area (Å²) in [5.74, 6) is 0.483. The maximum Gasteiger partial charge on any atom is 0.336 e. The largest absolute Gasteiger partial charge is 0.493 e. The topological polar surface area (TPSA) is 59.8 Å². The van der Waals surface area contributed by atoms with Gasteiger partial charge in [-0.05, 0) is 81.2 Å². The number of carbonyl (C=O) groups is 1. The molecule has 0 spiro atoms. The molecule has 31 heavy (non-hydrogen) atoms. The average Bonchev–Trinajstić information content (AvgIpc) is 2.77. The van der Waals surface area contributed by atoms with Crippen molar-refractivity contribution in [3.8, 4) is 5.75 Å². The predicted molar refractivity (Wildman–Crippen MR) is 117 cm³/mol. The molecule has 1 aliphatic rings. The van der Waals surface area contributed by atoms with Crippen LogP contribution in [0.15, 0.2) is 57.7 Å². The Morgan fingerprint density at radius 1 is 1.13 bits per heavy atom. The van der Waals surface area contributed by atoms with E-state index in [1.807, 2.05) is 19.1 Å². The van der Waals surface area contributed by atoms with E-state index >= 15 is 0 Å². The first kappa shape index (κ1) is 21.2. The number of nitrogens with zero attached hydrogens (tertiary/aromatic N) is 1. The lowest BCUT2D eigenvalue weighted by Crippen LogP contribution is -2.37. The van der Waals surface area contributed by atoms with Crippen LogP contribution in [0.4, 0.5) is 4.39 Å². The number of aryl methyl sites for hydroxylation is 1. The highest BCUT2D eigenvalue weighted by Crippen LogP contribution is 2.24. The second-order valence-electron chi connectivity index (χ2n) is 8.10. The third-order valence-corrected chi connectivity index (χ3v) is 5.90. The number of Topliss-reactive ketones (excluding diaryl/α,β-unsaturated/α-hetero) is 1. The van der Waals surface area contributed by atoms with Crippen LogP contribution in [0.1, 0.15) is 35.2 Å². The fraction of sp³-hybridized carbons (Fsp3) is 0.360. The van der Waals surface area contributed by atoms with Gasteiger partial charge in [0, 0.05) is 35.5 Å². The SMILES string of the molecule is Cc1cc(=O)oc2cc(OCCCN3CCC(C(=O)c4ccc(F)cc4)CC3)ccc12. The summed E-state index contributed by atoms with van der Waals surface area (Å²) < 4.78 is 24.2. The molecule has 1 aromatic heterocycles. The first-order valence-corrected chi connectivity index (χ1v) is 10.7. The van der Waals surface area contributed by atoms with Crippen molar-refractivity contribution in [2.75, 3.05) is 26.2 Å². The molecule has 162 valence electrons. The average molecular weight is 423 g/mol. The molecule has 0 N–H and O–H groups in total. The Bertz CT molecular complexity index is 1110. The summed E-state index contributed by atoms with van der Waals surface area (Å²) in [4.78, 5) is 26.5. The zero-order valence-electron chi connectivity index (χ0n) is 17.6. The molecular formula is C25H26FNO4.